The number of ether oxygens (including phenoxy) is 1. The first kappa shape index (κ1) is 13.2. The maximum atomic E-state index is 11.2. The summed E-state index contributed by atoms with van der Waals surface area (Å²) in [7, 11) is 1.33. The second kappa shape index (κ2) is 6.03. The maximum absolute atomic E-state index is 11.2. The Morgan fingerprint density at radius 3 is 2.29 bits per heavy atom. The lowest BCUT2D eigenvalue weighted by Crippen LogP contribution is -2.15. The molecule has 17 heavy (non-hydrogen) atoms. The predicted octanol–water partition coefficient (Wildman–Crippen LogP) is 2.13. The van der Waals surface area contributed by atoms with E-state index in [2.05, 4.69) is 4.74 Å². The summed E-state index contributed by atoms with van der Waals surface area (Å²) in [4.78, 5) is 22.1. The van der Waals surface area contributed by atoms with Gasteiger partial charge in [-0.2, -0.15) is 0 Å². The number of hydrogen-bond donors (Lipinski definition) is 1. The molecule has 0 aliphatic heterocycles. The largest absolute Gasteiger partial charge is 0.481 e. The van der Waals surface area contributed by atoms with Crippen LogP contribution in [0.5, 0.6) is 0 Å². The van der Waals surface area contributed by atoms with Crippen LogP contribution < -0.4 is 0 Å². The molecule has 0 aliphatic carbocycles. The number of carboxylic acid groups (broad SMARTS) is 1. The van der Waals surface area contributed by atoms with Gasteiger partial charge in [-0.1, -0.05) is 19.1 Å². The van der Waals surface area contributed by atoms with Gasteiger partial charge in [0.2, 0.25) is 0 Å². The fourth-order valence-electron chi connectivity index (χ4n) is 1.59. The van der Waals surface area contributed by atoms with Crippen LogP contribution >= 0.6 is 0 Å². The minimum absolute atomic E-state index is 0.376. The Hall–Kier alpha value is -1.84. The maximum Gasteiger partial charge on any atom is 0.337 e. The van der Waals surface area contributed by atoms with Gasteiger partial charge >= 0.3 is 11.9 Å². The Balaban J connectivity index is 2.74. The molecule has 1 atom stereocenters. The molecule has 4 nitrogen and oxygen atoms in total. The lowest BCUT2D eigenvalue weighted by molar-refractivity contribution is -0.141. The van der Waals surface area contributed by atoms with Crippen molar-refractivity contribution in [3.63, 3.8) is 0 Å². The molecule has 92 valence electrons. The summed E-state index contributed by atoms with van der Waals surface area (Å²) in [5.74, 6) is -1.55. The third-order valence-corrected chi connectivity index (χ3v) is 2.70. The summed E-state index contributed by atoms with van der Waals surface area (Å²) < 4.78 is 4.58. The molecule has 0 fully saturated rings. The molecule has 1 aromatic rings. The van der Waals surface area contributed by atoms with Crippen LogP contribution in [-0.2, 0) is 16.0 Å². The summed E-state index contributed by atoms with van der Waals surface area (Å²) >= 11 is 0. The van der Waals surface area contributed by atoms with Gasteiger partial charge in [-0.3, -0.25) is 4.79 Å². The number of benzene rings is 1. The molecule has 0 saturated carbocycles. The van der Waals surface area contributed by atoms with Crippen molar-refractivity contribution in [1.29, 1.82) is 0 Å². The Kier molecular flexibility index (Phi) is 4.69. The number of carbonyl (C=O) groups is 2. The average molecular weight is 236 g/mol. The third kappa shape index (κ3) is 3.59. The van der Waals surface area contributed by atoms with Crippen LogP contribution in [0.3, 0.4) is 0 Å². The number of carbonyl (C=O) groups excluding carboxylic acids is 1. The molecule has 0 aliphatic rings. The van der Waals surface area contributed by atoms with Gasteiger partial charge in [-0.15, -0.1) is 0 Å². The molecule has 0 heterocycles. The van der Waals surface area contributed by atoms with Gasteiger partial charge in [-0.05, 0) is 30.5 Å². The summed E-state index contributed by atoms with van der Waals surface area (Å²) in [6.45, 7) is 1.85. The first-order valence-electron chi connectivity index (χ1n) is 5.48. The van der Waals surface area contributed by atoms with Crippen LogP contribution in [-0.4, -0.2) is 24.2 Å². The zero-order valence-corrected chi connectivity index (χ0v) is 9.97. The lowest BCUT2D eigenvalue weighted by atomic mass is 9.96. The molecule has 1 aromatic carbocycles. The van der Waals surface area contributed by atoms with Crippen molar-refractivity contribution in [2.24, 2.45) is 5.92 Å². The van der Waals surface area contributed by atoms with Gasteiger partial charge in [0, 0.05) is 0 Å². The molecule has 0 unspecified atom stereocenters. The van der Waals surface area contributed by atoms with E-state index in [4.69, 9.17) is 5.11 Å². The van der Waals surface area contributed by atoms with Crippen molar-refractivity contribution in [3.05, 3.63) is 35.4 Å². The van der Waals surface area contributed by atoms with Gasteiger partial charge in [0.05, 0.1) is 18.6 Å². The molecule has 1 N–H and O–H groups in total. The van der Waals surface area contributed by atoms with Crippen molar-refractivity contribution in [1.82, 2.24) is 0 Å². The van der Waals surface area contributed by atoms with Crippen molar-refractivity contribution in [2.75, 3.05) is 7.11 Å². The summed E-state index contributed by atoms with van der Waals surface area (Å²) in [6.07, 6.45) is 1.07. The van der Waals surface area contributed by atoms with Gasteiger partial charge in [-0.25, -0.2) is 4.79 Å². The second-order valence-corrected chi connectivity index (χ2v) is 3.84. The number of methoxy groups -OCH3 is 1. The normalized spacial score (nSPS) is 11.9. The van der Waals surface area contributed by atoms with Crippen molar-refractivity contribution >= 4 is 11.9 Å². The zero-order chi connectivity index (χ0) is 12.8. The topological polar surface area (TPSA) is 63.6 Å². The standard InChI is InChI=1S/C13H16O4/c1-3-10(12(14)15)8-9-4-6-11(7-5-9)13(16)17-2/h4-7,10H,3,8H2,1-2H3,(H,14,15)/t10-/m0/s1. The van der Waals surface area contributed by atoms with E-state index in [0.29, 0.717) is 18.4 Å². The van der Waals surface area contributed by atoms with Crippen LogP contribution in [0.2, 0.25) is 0 Å². The van der Waals surface area contributed by atoms with E-state index in [1.165, 1.54) is 7.11 Å². The third-order valence-electron chi connectivity index (χ3n) is 2.70. The molecule has 0 saturated heterocycles. The minimum atomic E-state index is -0.787. The van der Waals surface area contributed by atoms with E-state index in [-0.39, 0.29) is 11.9 Å². The predicted molar refractivity (Wildman–Crippen MR) is 62.9 cm³/mol. The molecule has 0 radical (unpaired) electrons. The second-order valence-electron chi connectivity index (χ2n) is 3.84. The Morgan fingerprint density at radius 1 is 1.29 bits per heavy atom. The molecule has 0 aromatic heterocycles. The van der Waals surface area contributed by atoms with E-state index in [9.17, 15) is 9.59 Å². The molecule has 1 rings (SSSR count). The van der Waals surface area contributed by atoms with Crippen LogP contribution in [0.25, 0.3) is 0 Å². The summed E-state index contributed by atoms with van der Waals surface area (Å²) in [5.41, 5.74) is 1.38. The highest BCUT2D eigenvalue weighted by Crippen LogP contribution is 2.14. The zero-order valence-electron chi connectivity index (χ0n) is 9.97. The Bertz CT molecular complexity index is 394. The lowest BCUT2D eigenvalue weighted by Gasteiger charge is -2.09. The van der Waals surface area contributed by atoms with Crippen molar-refractivity contribution < 1.29 is 19.4 Å². The van der Waals surface area contributed by atoms with Crippen molar-refractivity contribution in [3.8, 4) is 0 Å². The number of esters is 1. The average Bonchev–Trinajstić information content (AvgIpc) is 2.35. The van der Waals surface area contributed by atoms with Crippen LogP contribution in [0, 0.1) is 5.92 Å². The monoisotopic (exact) mass is 236 g/mol. The molecule has 4 heteroatoms. The highest BCUT2D eigenvalue weighted by atomic mass is 16.5. The fraction of sp³-hybridized carbons (Fsp3) is 0.385. The first-order chi connectivity index (χ1) is 8.08. The SMILES string of the molecule is CC[C@@H](Cc1ccc(C(=O)OC)cc1)C(=O)O. The van der Waals surface area contributed by atoms with Gasteiger partial charge < -0.3 is 9.84 Å². The number of rotatable bonds is 5. The number of carboxylic acids is 1. The van der Waals surface area contributed by atoms with E-state index in [1.807, 2.05) is 6.92 Å². The number of hydrogen-bond acceptors (Lipinski definition) is 3. The Morgan fingerprint density at radius 2 is 1.88 bits per heavy atom. The Labute approximate surface area is 100 Å². The molecule has 0 bridgehead atoms. The summed E-state index contributed by atoms with van der Waals surface area (Å²) in [5, 5.41) is 8.94. The van der Waals surface area contributed by atoms with Crippen LogP contribution in [0.1, 0.15) is 29.3 Å². The van der Waals surface area contributed by atoms with Crippen LogP contribution in [0.15, 0.2) is 24.3 Å². The highest BCUT2D eigenvalue weighted by Gasteiger charge is 2.15. The van der Waals surface area contributed by atoms with E-state index < -0.39 is 5.97 Å². The van der Waals surface area contributed by atoms with E-state index in [1.54, 1.807) is 24.3 Å². The highest BCUT2D eigenvalue weighted by molar-refractivity contribution is 5.89. The fourth-order valence-corrected chi connectivity index (χ4v) is 1.59. The quantitative estimate of drug-likeness (QED) is 0.795. The molecule has 0 spiro atoms. The molecular weight excluding hydrogens is 220 g/mol. The van der Waals surface area contributed by atoms with Gasteiger partial charge in [0.1, 0.15) is 0 Å². The van der Waals surface area contributed by atoms with Gasteiger partial charge in [0.15, 0.2) is 0 Å². The smallest absolute Gasteiger partial charge is 0.337 e. The first-order valence-corrected chi connectivity index (χ1v) is 5.48. The number of aliphatic carboxylic acids is 1. The van der Waals surface area contributed by atoms with Gasteiger partial charge in [0.25, 0.3) is 0 Å². The molecular formula is C13H16O4. The minimum Gasteiger partial charge on any atom is -0.481 e. The summed E-state index contributed by atoms with van der Waals surface area (Å²) in [6, 6.07) is 6.82. The molecule has 0 amide bonds. The van der Waals surface area contributed by atoms with E-state index >= 15 is 0 Å². The van der Waals surface area contributed by atoms with Crippen LogP contribution in [0.4, 0.5) is 0 Å². The van der Waals surface area contributed by atoms with Crippen molar-refractivity contribution in [2.45, 2.75) is 19.8 Å². The van der Waals surface area contributed by atoms with E-state index in [0.717, 1.165) is 5.56 Å².